The fraction of sp³-hybridized carbons (Fsp3) is 0.286. The molecule has 3 aromatic heterocycles. The fourth-order valence-corrected chi connectivity index (χ4v) is 4.13. The van der Waals surface area contributed by atoms with Crippen molar-refractivity contribution < 1.29 is 18.7 Å². The quantitative estimate of drug-likeness (QED) is 0.257. The molecule has 11 nitrogen and oxygen atoms in total. The summed E-state index contributed by atoms with van der Waals surface area (Å²) in [7, 11) is 0. The summed E-state index contributed by atoms with van der Waals surface area (Å²) in [4.78, 5) is 33.6. The van der Waals surface area contributed by atoms with E-state index in [4.69, 9.17) is 19.7 Å². The number of rotatable bonds is 10. The number of carbonyl (C=O) groups is 1. The van der Waals surface area contributed by atoms with Crippen LogP contribution in [0.25, 0.3) is 22.6 Å². The van der Waals surface area contributed by atoms with Crippen LogP contribution in [0.3, 0.4) is 0 Å². The highest BCUT2D eigenvalue weighted by Crippen LogP contribution is 2.30. The molecule has 204 valence electrons. The number of H-pyrrole nitrogens is 1. The molecule has 4 heterocycles. The lowest BCUT2D eigenvalue weighted by Crippen LogP contribution is -2.42. The lowest BCUT2D eigenvalue weighted by atomic mass is 10.1. The van der Waals surface area contributed by atoms with Crippen LogP contribution in [0.15, 0.2) is 60.9 Å². The minimum absolute atomic E-state index is 0.193. The van der Waals surface area contributed by atoms with E-state index in [-0.39, 0.29) is 31.4 Å². The molecule has 1 fully saturated rings. The van der Waals surface area contributed by atoms with E-state index in [9.17, 15) is 9.18 Å². The third-order valence-electron chi connectivity index (χ3n) is 6.17. The number of nitriles is 1. The average Bonchev–Trinajstić information content (AvgIpc) is 3.41. The molecule has 0 bridgehead atoms. The van der Waals surface area contributed by atoms with E-state index < -0.39 is 12.2 Å². The van der Waals surface area contributed by atoms with Crippen LogP contribution in [0, 0.1) is 23.1 Å². The number of benzene rings is 1. The summed E-state index contributed by atoms with van der Waals surface area (Å²) < 4.78 is 25.2. The summed E-state index contributed by atoms with van der Waals surface area (Å²) in [5, 5.41) is 14.5. The minimum Gasteiger partial charge on any atom is -0.355 e. The highest BCUT2D eigenvalue weighted by atomic mass is 19.1. The SMILES string of the molecule is N#CCCNC(=O)C1COC(Cc2nc(-c3ccc(F)cc3)c(-c3ccnc(NCc4ccccn4)n3)[nH]2)OC1. The first-order chi connectivity index (χ1) is 19.6. The standard InChI is InChI=1S/C28H27FN8O3/c29-20-7-5-18(6-8-20)25-26(22-9-13-33-28(35-22)34-15-21-4-1-2-11-31-21)37-23(36-25)14-24-39-16-19(17-40-24)27(38)32-12-3-10-30/h1-2,4-9,11,13,19,24H,3,12,14-17H2,(H,32,38)(H,36,37)(H,33,34,35). The Morgan fingerprint density at radius 2 is 1.90 bits per heavy atom. The van der Waals surface area contributed by atoms with Crippen LogP contribution in [0.4, 0.5) is 10.3 Å². The van der Waals surface area contributed by atoms with Gasteiger partial charge in [0.05, 0.1) is 67.4 Å². The topological polar surface area (TPSA) is 151 Å². The first kappa shape index (κ1) is 26.9. The molecule has 0 radical (unpaired) electrons. The van der Waals surface area contributed by atoms with Crippen molar-refractivity contribution in [1.29, 1.82) is 5.26 Å². The number of amides is 1. The molecule has 4 aromatic rings. The number of halogens is 1. The van der Waals surface area contributed by atoms with Gasteiger partial charge >= 0.3 is 0 Å². The van der Waals surface area contributed by atoms with Crippen molar-refractivity contribution in [1.82, 2.24) is 30.2 Å². The van der Waals surface area contributed by atoms with Gasteiger partial charge < -0.3 is 25.1 Å². The first-order valence-electron chi connectivity index (χ1n) is 12.8. The molecular formula is C28H27FN8O3. The number of aromatic amines is 1. The molecule has 0 unspecified atom stereocenters. The molecular weight excluding hydrogens is 515 g/mol. The molecule has 1 aliphatic heterocycles. The van der Waals surface area contributed by atoms with Crippen molar-refractivity contribution in [3.8, 4) is 28.7 Å². The first-order valence-corrected chi connectivity index (χ1v) is 12.8. The monoisotopic (exact) mass is 542 g/mol. The third-order valence-corrected chi connectivity index (χ3v) is 6.17. The summed E-state index contributed by atoms with van der Waals surface area (Å²) in [6.07, 6.45) is 3.30. The Kier molecular flexibility index (Phi) is 8.65. The highest BCUT2D eigenvalue weighted by molar-refractivity contribution is 5.79. The van der Waals surface area contributed by atoms with Crippen molar-refractivity contribution in [2.24, 2.45) is 5.92 Å². The number of pyridine rings is 1. The maximum atomic E-state index is 13.7. The van der Waals surface area contributed by atoms with Crippen molar-refractivity contribution >= 4 is 11.9 Å². The number of hydrogen-bond donors (Lipinski definition) is 3. The Morgan fingerprint density at radius 3 is 2.65 bits per heavy atom. The van der Waals surface area contributed by atoms with Crippen molar-refractivity contribution in [2.45, 2.75) is 25.7 Å². The average molecular weight is 543 g/mol. The van der Waals surface area contributed by atoms with Crippen LogP contribution in [0.2, 0.25) is 0 Å². The van der Waals surface area contributed by atoms with Gasteiger partial charge in [-0.3, -0.25) is 9.78 Å². The Morgan fingerprint density at radius 1 is 1.07 bits per heavy atom. The zero-order valence-corrected chi connectivity index (χ0v) is 21.5. The number of nitrogens with one attached hydrogen (secondary N) is 3. The van der Waals surface area contributed by atoms with E-state index >= 15 is 0 Å². The summed E-state index contributed by atoms with van der Waals surface area (Å²) in [5.41, 5.74) is 3.38. The second kappa shape index (κ2) is 12.9. The highest BCUT2D eigenvalue weighted by Gasteiger charge is 2.28. The molecule has 40 heavy (non-hydrogen) atoms. The number of hydrogen-bond acceptors (Lipinski definition) is 9. The molecule has 12 heteroatoms. The van der Waals surface area contributed by atoms with Gasteiger partial charge in [-0.1, -0.05) is 6.07 Å². The molecule has 0 spiro atoms. The predicted octanol–water partition coefficient (Wildman–Crippen LogP) is 3.24. The number of aromatic nitrogens is 5. The minimum atomic E-state index is -0.607. The lowest BCUT2D eigenvalue weighted by Gasteiger charge is -2.28. The van der Waals surface area contributed by atoms with Gasteiger partial charge in [-0.25, -0.2) is 19.3 Å². The van der Waals surface area contributed by atoms with Crippen molar-refractivity contribution in [2.75, 3.05) is 25.1 Å². The number of carbonyl (C=O) groups excluding carboxylic acids is 1. The largest absolute Gasteiger partial charge is 0.355 e. The lowest BCUT2D eigenvalue weighted by molar-refractivity contribution is -0.200. The Hall–Kier alpha value is -4.73. The van der Waals surface area contributed by atoms with Crippen LogP contribution in [-0.4, -0.2) is 56.9 Å². The second-order valence-electron chi connectivity index (χ2n) is 9.05. The van der Waals surface area contributed by atoms with Gasteiger partial charge in [0.2, 0.25) is 11.9 Å². The van der Waals surface area contributed by atoms with Crippen LogP contribution in [-0.2, 0) is 27.2 Å². The van der Waals surface area contributed by atoms with E-state index in [0.717, 1.165) is 5.69 Å². The molecule has 0 saturated carbocycles. The zero-order valence-electron chi connectivity index (χ0n) is 21.5. The number of anilines is 1. The predicted molar refractivity (Wildman–Crippen MR) is 143 cm³/mol. The Labute approximate surface area is 229 Å². The maximum Gasteiger partial charge on any atom is 0.227 e. The van der Waals surface area contributed by atoms with Crippen molar-refractivity contribution in [3.63, 3.8) is 0 Å². The molecule has 1 amide bonds. The van der Waals surface area contributed by atoms with E-state index in [1.54, 1.807) is 30.6 Å². The van der Waals surface area contributed by atoms with Gasteiger partial charge in [-0.05, 0) is 42.5 Å². The number of nitrogens with zero attached hydrogens (tertiary/aromatic N) is 5. The molecule has 1 aliphatic rings. The molecule has 0 aliphatic carbocycles. The van der Waals surface area contributed by atoms with Gasteiger partial charge in [0.1, 0.15) is 11.6 Å². The van der Waals surface area contributed by atoms with Crippen LogP contribution in [0.1, 0.15) is 17.9 Å². The van der Waals surface area contributed by atoms with Gasteiger partial charge in [-0.2, -0.15) is 5.26 Å². The summed E-state index contributed by atoms with van der Waals surface area (Å²) in [6, 6.07) is 15.5. The Bertz CT molecular complexity index is 1470. The van der Waals surface area contributed by atoms with Crippen molar-refractivity contribution in [3.05, 3.63) is 78.3 Å². The van der Waals surface area contributed by atoms with Crippen LogP contribution in [0.5, 0.6) is 0 Å². The van der Waals surface area contributed by atoms with E-state index in [2.05, 4.69) is 30.6 Å². The maximum absolute atomic E-state index is 13.7. The fourth-order valence-electron chi connectivity index (χ4n) is 4.13. The zero-order chi connectivity index (χ0) is 27.7. The summed E-state index contributed by atoms with van der Waals surface area (Å²) in [6.45, 7) is 1.13. The Balaban J connectivity index is 1.32. The van der Waals surface area contributed by atoms with Gasteiger partial charge in [0, 0.05) is 24.5 Å². The third kappa shape index (κ3) is 6.82. The number of ether oxygens (including phenoxy) is 2. The van der Waals surface area contributed by atoms with Gasteiger partial charge in [0.15, 0.2) is 6.29 Å². The van der Waals surface area contributed by atoms with E-state index in [0.29, 0.717) is 53.9 Å². The second-order valence-corrected chi connectivity index (χ2v) is 9.05. The van der Waals surface area contributed by atoms with Crippen LogP contribution >= 0.6 is 0 Å². The van der Waals surface area contributed by atoms with E-state index in [1.165, 1.54) is 12.1 Å². The van der Waals surface area contributed by atoms with Gasteiger partial charge in [0.25, 0.3) is 0 Å². The van der Waals surface area contributed by atoms with Crippen LogP contribution < -0.4 is 10.6 Å². The molecule has 1 aromatic carbocycles. The molecule has 5 rings (SSSR count). The van der Waals surface area contributed by atoms with Gasteiger partial charge in [-0.15, -0.1) is 0 Å². The van der Waals surface area contributed by atoms with E-state index in [1.807, 2.05) is 24.3 Å². The summed E-state index contributed by atoms with van der Waals surface area (Å²) in [5.74, 6) is -0.00159. The molecule has 3 N–H and O–H groups in total. The normalized spacial score (nSPS) is 16.7. The summed E-state index contributed by atoms with van der Waals surface area (Å²) >= 11 is 0. The number of imidazole rings is 1. The smallest absolute Gasteiger partial charge is 0.227 e. The molecule has 1 saturated heterocycles. The molecule has 0 atom stereocenters.